The standard InChI is InChI=1S/C12H17ClO2/c1-4-12(14,5-2)10-8-9(13)6-7-11(10)15-3/h6-8,14H,4-5H2,1-3H3. The highest BCUT2D eigenvalue weighted by Crippen LogP contribution is 2.36. The Kier molecular flexibility index (Phi) is 4.00. The molecule has 0 radical (unpaired) electrons. The summed E-state index contributed by atoms with van der Waals surface area (Å²) in [7, 11) is 1.60. The molecule has 0 bridgehead atoms. The maximum Gasteiger partial charge on any atom is 0.125 e. The number of ether oxygens (including phenoxy) is 1. The minimum absolute atomic E-state index is 0.617. The van der Waals surface area contributed by atoms with Gasteiger partial charge >= 0.3 is 0 Å². The Bertz CT molecular complexity index is 332. The van der Waals surface area contributed by atoms with E-state index in [0.29, 0.717) is 23.6 Å². The van der Waals surface area contributed by atoms with E-state index in [1.54, 1.807) is 25.3 Å². The molecule has 1 aromatic carbocycles. The van der Waals surface area contributed by atoms with Crippen LogP contribution in [0.1, 0.15) is 32.3 Å². The first-order valence-electron chi connectivity index (χ1n) is 5.13. The zero-order valence-corrected chi connectivity index (χ0v) is 10.1. The van der Waals surface area contributed by atoms with E-state index in [0.717, 1.165) is 5.56 Å². The SMILES string of the molecule is CCC(O)(CC)c1cc(Cl)ccc1OC. The van der Waals surface area contributed by atoms with Crippen LogP contribution in [0.5, 0.6) is 5.75 Å². The fourth-order valence-corrected chi connectivity index (χ4v) is 1.85. The van der Waals surface area contributed by atoms with Crippen molar-refractivity contribution in [1.82, 2.24) is 0 Å². The Labute approximate surface area is 95.8 Å². The van der Waals surface area contributed by atoms with E-state index in [4.69, 9.17) is 16.3 Å². The lowest BCUT2D eigenvalue weighted by molar-refractivity contribution is 0.0261. The van der Waals surface area contributed by atoms with Crippen molar-refractivity contribution in [1.29, 1.82) is 0 Å². The van der Waals surface area contributed by atoms with Crippen molar-refractivity contribution >= 4 is 11.6 Å². The molecule has 0 unspecified atom stereocenters. The summed E-state index contributed by atoms with van der Waals surface area (Å²) in [6, 6.07) is 5.32. The van der Waals surface area contributed by atoms with Crippen LogP contribution >= 0.6 is 11.6 Å². The second kappa shape index (κ2) is 4.86. The van der Waals surface area contributed by atoms with Crippen molar-refractivity contribution in [2.45, 2.75) is 32.3 Å². The topological polar surface area (TPSA) is 29.5 Å². The van der Waals surface area contributed by atoms with Crippen molar-refractivity contribution in [3.8, 4) is 5.75 Å². The third-order valence-electron chi connectivity index (χ3n) is 2.83. The van der Waals surface area contributed by atoms with Gasteiger partial charge in [-0.25, -0.2) is 0 Å². The number of methoxy groups -OCH3 is 1. The van der Waals surface area contributed by atoms with Gasteiger partial charge in [-0.3, -0.25) is 0 Å². The van der Waals surface area contributed by atoms with Gasteiger partial charge in [-0.1, -0.05) is 25.4 Å². The number of rotatable bonds is 4. The lowest BCUT2D eigenvalue weighted by Gasteiger charge is -2.27. The Morgan fingerprint density at radius 2 is 1.93 bits per heavy atom. The van der Waals surface area contributed by atoms with Crippen LogP contribution in [0.2, 0.25) is 5.02 Å². The van der Waals surface area contributed by atoms with Crippen molar-refractivity contribution in [2.24, 2.45) is 0 Å². The van der Waals surface area contributed by atoms with Crippen LogP contribution in [0.15, 0.2) is 18.2 Å². The van der Waals surface area contributed by atoms with E-state index < -0.39 is 5.60 Å². The molecule has 0 aliphatic carbocycles. The molecule has 1 rings (SSSR count). The zero-order chi connectivity index (χ0) is 11.5. The van der Waals surface area contributed by atoms with Crippen LogP contribution < -0.4 is 4.74 Å². The normalized spacial score (nSPS) is 11.5. The third-order valence-corrected chi connectivity index (χ3v) is 3.07. The van der Waals surface area contributed by atoms with Gasteiger partial charge in [-0.2, -0.15) is 0 Å². The molecule has 0 aromatic heterocycles. The Hall–Kier alpha value is -0.730. The monoisotopic (exact) mass is 228 g/mol. The summed E-state index contributed by atoms with van der Waals surface area (Å²) in [5.41, 5.74) is -0.0847. The fourth-order valence-electron chi connectivity index (χ4n) is 1.67. The first-order valence-corrected chi connectivity index (χ1v) is 5.51. The largest absolute Gasteiger partial charge is 0.496 e. The zero-order valence-electron chi connectivity index (χ0n) is 9.38. The molecule has 0 fully saturated rings. The molecule has 1 N–H and O–H groups in total. The van der Waals surface area contributed by atoms with Crippen molar-refractivity contribution < 1.29 is 9.84 Å². The van der Waals surface area contributed by atoms with Crippen molar-refractivity contribution in [3.05, 3.63) is 28.8 Å². The highest BCUT2D eigenvalue weighted by molar-refractivity contribution is 6.30. The number of hydrogen-bond acceptors (Lipinski definition) is 2. The predicted molar refractivity (Wildman–Crippen MR) is 62.5 cm³/mol. The molecule has 0 aliphatic rings. The summed E-state index contributed by atoms with van der Waals surface area (Å²) in [5, 5.41) is 11.0. The van der Waals surface area contributed by atoms with Gasteiger partial charge in [0.2, 0.25) is 0 Å². The van der Waals surface area contributed by atoms with E-state index in [9.17, 15) is 5.11 Å². The summed E-state index contributed by atoms with van der Waals surface area (Å²) >= 11 is 5.93. The molecular formula is C12H17ClO2. The highest BCUT2D eigenvalue weighted by atomic mass is 35.5. The molecule has 0 saturated heterocycles. The maximum atomic E-state index is 10.4. The van der Waals surface area contributed by atoms with E-state index in [2.05, 4.69) is 0 Å². The van der Waals surface area contributed by atoms with Gasteiger partial charge < -0.3 is 9.84 Å². The van der Waals surface area contributed by atoms with Gasteiger partial charge in [0.05, 0.1) is 12.7 Å². The molecule has 1 aromatic rings. The van der Waals surface area contributed by atoms with Crippen molar-refractivity contribution in [3.63, 3.8) is 0 Å². The van der Waals surface area contributed by atoms with E-state index in [-0.39, 0.29) is 0 Å². The number of halogens is 1. The second-order valence-electron chi connectivity index (χ2n) is 3.58. The molecule has 3 heteroatoms. The Morgan fingerprint density at radius 3 is 2.40 bits per heavy atom. The third kappa shape index (κ3) is 2.44. The fraction of sp³-hybridized carbons (Fsp3) is 0.500. The number of benzene rings is 1. The number of hydrogen-bond donors (Lipinski definition) is 1. The summed E-state index contributed by atoms with van der Waals surface area (Å²) in [6.45, 7) is 3.90. The molecule has 15 heavy (non-hydrogen) atoms. The van der Waals surface area contributed by atoms with E-state index in [1.807, 2.05) is 13.8 Å². The van der Waals surface area contributed by atoms with Gasteiger partial charge in [0, 0.05) is 10.6 Å². The van der Waals surface area contributed by atoms with Crippen LogP contribution in [-0.4, -0.2) is 12.2 Å². The van der Waals surface area contributed by atoms with Gasteiger partial charge in [-0.15, -0.1) is 0 Å². The minimum Gasteiger partial charge on any atom is -0.496 e. The summed E-state index contributed by atoms with van der Waals surface area (Å²) < 4.78 is 5.23. The summed E-state index contributed by atoms with van der Waals surface area (Å²) in [6.07, 6.45) is 1.28. The molecule has 0 spiro atoms. The lowest BCUT2D eigenvalue weighted by Crippen LogP contribution is -2.24. The molecule has 0 heterocycles. The van der Waals surface area contributed by atoms with Crippen LogP contribution in [-0.2, 0) is 5.60 Å². The predicted octanol–water partition coefficient (Wildman–Crippen LogP) is 3.36. The van der Waals surface area contributed by atoms with E-state index >= 15 is 0 Å². The van der Waals surface area contributed by atoms with Gasteiger partial charge in [0.1, 0.15) is 5.75 Å². The Balaban J connectivity index is 3.26. The van der Waals surface area contributed by atoms with Crippen LogP contribution in [0, 0.1) is 0 Å². The molecule has 0 saturated carbocycles. The first-order chi connectivity index (χ1) is 7.07. The quantitative estimate of drug-likeness (QED) is 0.857. The van der Waals surface area contributed by atoms with Crippen LogP contribution in [0.3, 0.4) is 0 Å². The molecule has 0 amide bonds. The molecule has 0 atom stereocenters. The summed E-state index contributed by atoms with van der Waals surface area (Å²) in [4.78, 5) is 0. The average Bonchev–Trinajstić information content (AvgIpc) is 2.28. The maximum absolute atomic E-state index is 10.4. The van der Waals surface area contributed by atoms with Crippen LogP contribution in [0.4, 0.5) is 0 Å². The lowest BCUT2D eigenvalue weighted by atomic mass is 9.88. The molecule has 0 aliphatic heterocycles. The molecular weight excluding hydrogens is 212 g/mol. The van der Waals surface area contributed by atoms with Crippen molar-refractivity contribution in [2.75, 3.05) is 7.11 Å². The van der Waals surface area contributed by atoms with E-state index in [1.165, 1.54) is 0 Å². The van der Waals surface area contributed by atoms with Gasteiger partial charge in [0.25, 0.3) is 0 Å². The highest BCUT2D eigenvalue weighted by Gasteiger charge is 2.28. The second-order valence-corrected chi connectivity index (χ2v) is 4.02. The van der Waals surface area contributed by atoms with Crippen LogP contribution in [0.25, 0.3) is 0 Å². The molecule has 2 nitrogen and oxygen atoms in total. The minimum atomic E-state index is -0.851. The number of aliphatic hydroxyl groups is 1. The smallest absolute Gasteiger partial charge is 0.125 e. The van der Waals surface area contributed by atoms with Gasteiger partial charge in [0.15, 0.2) is 0 Å². The summed E-state index contributed by atoms with van der Waals surface area (Å²) in [5.74, 6) is 0.686. The average molecular weight is 229 g/mol. The van der Waals surface area contributed by atoms with Gasteiger partial charge in [-0.05, 0) is 31.0 Å². The first kappa shape index (κ1) is 12.3. The Morgan fingerprint density at radius 1 is 1.33 bits per heavy atom. The molecule has 84 valence electrons.